The maximum atomic E-state index is 6.25. The summed E-state index contributed by atoms with van der Waals surface area (Å²) in [6.07, 6.45) is 1.94. The van der Waals surface area contributed by atoms with E-state index >= 15 is 0 Å². The normalized spacial score (nSPS) is 12.1. The number of nitrogens with two attached hydrogens (primary N) is 1. The van der Waals surface area contributed by atoms with Crippen LogP contribution < -0.4 is 10.5 Å². The van der Waals surface area contributed by atoms with Gasteiger partial charge in [-0.25, -0.2) is 0 Å². The lowest BCUT2D eigenvalue weighted by Crippen LogP contribution is -2.11. The molecular formula is C17H21NO. The van der Waals surface area contributed by atoms with Gasteiger partial charge in [0.15, 0.2) is 0 Å². The molecule has 0 saturated carbocycles. The highest BCUT2D eigenvalue weighted by atomic mass is 16.5. The minimum atomic E-state index is 0.0561. The molecular weight excluding hydrogens is 234 g/mol. The minimum Gasteiger partial charge on any atom is -0.494 e. The lowest BCUT2D eigenvalue weighted by atomic mass is 9.99. The Morgan fingerprint density at radius 2 is 1.84 bits per heavy atom. The predicted molar refractivity (Wildman–Crippen MR) is 79.3 cm³/mol. The van der Waals surface area contributed by atoms with Gasteiger partial charge in [0.05, 0.1) is 6.61 Å². The number of aryl methyl sites for hydroxylation is 1. The first-order valence-corrected chi connectivity index (χ1v) is 6.82. The predicted octanol–water partition coefficient (Wildman–Crippen LogP) is 3.72. The van der Waals surface area contributed by atoms with Crippen molar-refractivity contribution in [3.8, 4) is 5.75 Å². The molecule has 2 aromatic rings. The fourth-order valence-electron chi connectivity index (χ4n) is 2.14. The standard InChI is InChI=1S/C17H21NO/c1-2-19-16-10-6-9-15(13-16)17(18)12-11-14-7-4-3-5-8-14/h3-10,13,17H,2,11-12,18H2,1H3. The van der Waals surface area contributed by atoms with Gasteiger partial charge in [0, 0.05) is 6.04 Å². The lowest BCUT2D eigenvalue weighted by Gasteiger charge is -2.13. The molecule has 19 heavy (non-hydrogen) atoms. The molecule has 0 aliphatic carbocycles. The van der Waals surface area contributed by atoms with Gasteiger partial charge in [-0.05, 0) is 43.0 Å². The van der Waals surface area contributed by atoms with Crippen LogP contribution in [0.4, 0.5) is 0 Å². The van der Waals surface area contributed by atoms with Crippen LogP contribution in [0.25, 0.3) is 0 Å². The summed E-state index contributed by atoms with van der Waals surface area (Å²) in [5, 5.41) is 0. The summed E-state index contributed by atoms with van der Waals surface area (Å²) < 4.78 is 5.50. The molecule has 0 fully saturated rings. The summed E-state index contributed by atoms with van der Waals surface area (Å²) in [5.41, 5.74) is 8.73. The van der Waals surface area contributed by atoms with E-state index in [2.05, 4.69) is 30.3 Å². The molecule has 0 spiro atoms. The summed E-state index contributed by atoms with van der Waals surface area (Å²) >= 11 is 0. The Labute approximate surface area is 115 Å². The van der Waals surface area contributed by atoms with Crippen molar-refractivity contribution < 1.29 is 4.74 Å². The first-order chi connectivity index (χ1) is 9.29. The van der Waals surface area contributed by atoms with E-state index in [0.717, 1.165) is 24.2 Å². The van der Waals surface area contributed by atoms with Gasteiger partial charge in [0.1, 0.15) is 5.75 Å². The summed E-state index contributed by atoms with van der Waals surface area (Å²) in [5.74, 6) is 0.898. The van der Waals surface area contributed by atoms with Crippen LogP contribution in [-0.4, -0.2) is 6.61 Å². The molecule has 2 rings (SSSR count). The molecule has 0 saturated heterocycles. The quantitative estimate of drug-likeness (QED) is 0.854. The Morgan fingerprint density at radius 1 is 1.05 bits per heavy atom. The highest BCUT2D eigenvalue weighted by Crippen LogP contribution is 2.21. The van der Waals surface area contributed by atoms with E-state index in [1.807, 2.05) is 31.2 Å². The Morgan fingerprint density at radius 3 is 2.58 bits per heavy atom. The van der Waals surface area contributed by atoms with Crippen LogP contribution in [0.15, 0.2) is 54.6 Å². The van der Waals surface area contributed by atoms with E-state index in [9.17, 15) is 0 Å². The molecule has 100 valence electrons. The Balaban J connectivity index is 1.95. The van der Waals surface area contributed by atoms with E-state index in [1.54, 1.807) is 0 Å². The number of hydrogen-bond donors (Lipinski definition) is 1. The second kappa shape index (κ2) is 6.95. The summed E-state index contributed by atoms with van der Waals surface area (Å²) in [4.78, 5) is 0. The average molecular weight is 255 g/mol. The zero-order chi connectivity index (χ0) is 13.5. The third kappa shape index (κ3) is 4.11. The molecule has 2 N–H and O–H groups in total. The van der Waals surface area contributed by atoms with Crippen molar-refractivity contribution in [3.63, 3.8) is 0 Å². The number of hydrogen-bond acceptors (Lipinski definition) is 2. The third-order valence-corrected chi connectivity index (χ3v) is 3.18. The van der Waals surface area contributed by atoms with Crippen molar-refractivity contribution in [3.05, 3.63) is 65.7 Å². The largest absolute Gasteiger partial charge is 0.494 e. The van der Waals surface area contributed by atoms with Gasteiger partial charge in [-0.2, -0.15) is 0 Å². The van der Waals surface area contributed by atoms with Crippen LogP contribution in [0.2, 0.25) is 0 Å². The van der Waals surface area contributed by atoms with Crippen LogP contribution in [0.1, 0.15) is 30.5 Å². The van der Waals surface area contributed by atoms with Crippen molar-refractivity contribution >= 4 is 0 Å². The van der Waals surface area contributed by atoms with Gasteiger partial charge in [-0.3, -0.25) is 0 Å². The van der Waals surface area contributed by atoms with Crippen LogP contribution in [0.5, 0.6) is 5.75 Å². The smallest absolute Gasteiger partial charge is 0.119 e. The highest BCUT2D eigenvalue weighted by Gasteiger charge is 2.07. The third-order valence-electron chi connectivity index (χ3n) is 3.18. The number of benzene rings is 2. The van der Waals surface area contributed by atoms with Gasteiger partial charge >= 0.3 is 0 Å². The molecule has 2 aromatic carbocycles. The molecule has 0 heterocycles. The summed E-state index contributed by atoms with van der Waals surface area (Å²) in [6, 6.07) is 18.6. The molecule has 0 aliphatic heterocycles. The molecule has 0 amide bonds. The van der Waals surface area contributed by atoms with Gasteiger partial charge < -0.3 is 10.5 Å². The van der Waals surface area contributed by atoms with Crippen molar-refractivity contribution in [2.24, 2.45) is 5.73 Å². The molecule has 0 radical (unpaired) electrons. The topological polar surface area (TPSA) is 35.2 Å². The molecule has 0 aromatic heterocycles. The van der Waals surface area contributed by atoms with Gasteiger partial charge in [0.25, 0.3) is 0 Å². The molecule has 0 aliphatic rings. The van der Waals surface area contributed by atoms with Crippen LogP contribution in [0.3, 0.4) is 0 Å². The van der Waals surface area contributed by atoms with Crippen LogP contribution >= 0.6 is 0 Å². The summed E-state index contributed by atoms with van der Waals surface area (Å²) in [7, 11) is 0. The lowest BCUT2D eigenvalue weighted by molar-refractivity contribution is 0.339. The highest BCUT2D eigenvalue weighted by molar-refractivity contribution is 5.30. The van der Waals surface area contributed by atoms with Gasteiger partial charge in [-0.1, -0.05) is 42.5 Å². The molecule has 2 nitrogen and oxygen atoms in total. The van der Waals surface area contributed by atoms with Crippen molar-refractivity contribution in [2.75, 3.05) is 6.61 Å². The summed E-state index contributed by atoms with van der Waals surface area (Å²) in [6.45, 7) is 2.67. The monoisotopic (exact) mass is 255 g/mol. The maximum Gasteiger partial charge on any atom is 0.119 e. The van der Waals surface area contributed by atoms with E-state index in [1.165, 1.54) is 5.56 Å². The van der Waals surface area contributed by atoms with Crippen LogP contribution in [-0.2, 0) is 6.42 Å². The fraction of sp³-hybridized carbons (Fsp3) is 0.294. The minimum absolute atomic E-state index is 0.0561. The molecule has 1 atom stereocenters. The van der Waals surface area contributed by atoms with Crippen molar-refractivity contribution in [1.82, 2.24) is 0 Å². The van der Waals surface area contributed by atoms with E-state index in [-0.39, 0.29) is 6.04 Å². The first-order valence-electron chi connectivity index (χ1n) is 6.82. The van der Waals surface area contributed by atoms with E-state index in [4.69, 9.17) is 10.5 Å². The number of rotatable bonds is 6. The van der Waals surface area contributed by atoms with Crippen molar-refractivity contribution in [1.29, 1.82) is 0 Å². The molecule has 1 unspecified atom stereocenters. The van der Waals surface area contributed by atoms with Crippen molar-refractivity contribution in [2.45, 2.75) is 25.8 Å². The second-order valence-corrected chi connectivity index (χ2v) is 4.64. The molecule has 2 heteroatoms. The van der Waals surface area contributed by atoms with Gasteiger partial charge in [-0.15, -0.1) is 0 Å². The average Bonchev–Trinajstić information content (AvgIpc) is 2.46. The zero-order valence-electron chi connectivity index (χ0n) is 11.4. The maximum absolute atomic E-state index is 6.25. The van der Waals surface area contributed by atoms with Gasteiger partial charge in [0.2, 0.25) is 0 Å². The Hall–Kier alpha value is -1.80. The SMILES string of the molecule is CCOc1cccc(C(N)CCc2ccccc2)c1. The number of ether oxygens (including phenoxy) is 1. The molecule has 0 bridgehead atoms. The Kier molecular flexibility index (Phi) is 4.99. The fourth-order valence-corrected chi connectivity index (χ4v) is 2.14. The zero-order valence-corrected chi connectivity index (χ0v) is 11.4. The second-order valence-electron chi connectivity index (χ2n) is 4.64. The Bertz CT molecular complexity index is 496. The first kappa shape index (κ1) is 13.6. The van der Waals surface area contributed by atoms with E-state index < -0.39 is 0 Å². The van der Waals surface area contributed by atoms with E-state index in [0.29, 0.717) is 6.61 Å². The van der Waals surface area contributed by atoms with Crippen LogP contribution in [0, 0.1) is 0 Å².